The highest BCUT2D eigenvalue weighted by atomic mass is 16.2. The Morgan fingerprint density at radius 1 is 1.16 bits per heavy atom. The minimum absolute atomic E-state index is 0.0367. The number of amides is 2. The molecular formula is C20H29N3O2. The minimum atomic E-state index is -0.111. The number of nitrogens with zero attached hydrogens (tertiary/aromatic N) is 2. The quantitative estimate of drug-likeness (QED) is 0.893. The molecule has 1 aliphatic heterocycles. The van der Waals surface area contributed by atoms with Gasteiger partial charge in [0.1, 0.15) is 0 Å². The average Bonchev–Trinajstić information content (AvgIpc) is 3.46. The molecule has 2 amide bonds. The highest BCUT2D eigenvalue weighted by molar-refractivity contribution is 5.99. The van der Waals surface area contributed by atoms with Crippen molar-refractivity contribution in [3.63, 3.8) is 0 Å². The summed E-state index contributed by atoms with van der Waals surface area (Å²) in [6.07, 6.45) is 3.50. The Morgan fingerprint density at radius 2 is 1.92 bits per heavy atom. The van der Waals surface area contributed by atoms with Gasteiger partial charge in [-0.3, -0.25) is 14.5 Å². The number of hydrogen-bond donors (Lipinski definition) is 1. The molecule has 1 N–H and O–H groups in total. The zero-order chi connectivity index (χ0) is 17.8. The first-order chi connectivity index (χ1) is 12.1. The Bertz CT molecular complexity index is 627. The Balaban J connectivity index is 1.68. The van der Waals surface area contributed by atoms with Crippen molar-refractivity contribution in [2.75, 3.05) is 32.7 Å². The van der Waals surface area contributed by atoms with Crippen molar-refractivity contribution in [3.05, 3.63) is 35.4 Å². The van der Waals surface area contributed by atoms with Gasteiger partial charge in [-0.15, -0.1) is 0 Å². The lowest BCUT2D eigenvalue weighted by atomic mass is 10.1. The molecule has 1 atom stereocenters. The number of hydrogen-bond acceptors (Lipinski definition) is 3. The number of carbonyl (C=O) groups excluding carboxylic acids is 2. The fourth-order valence-corrected chi connectivity index (χ4v) is 3.54. The van der Waals surface area contributed by atoms with E-state index in [0.717, 1.165) is 38.6 Å². The van der Waals surface area contributed by atoms with Crippen LogP contribution in [-0.2, 0) is 0 Å². The van der Waals surface area contributed by atoms with Gasteiger partial charge in [0, 0.05) is 49.9 Å². The van der Waals surface area contributed by atoms with Crippen LogP contribution in [0.2, 0.25) is 0 Å². The van der Waals surface area contributed by atoms with Gasteiger partial charge in [0.25, 0.3) is 11.8 Å². The maximum absolute atomic E-state index is 13.0. The van der Waals surface area contributed by atoms with Crippen molar-refractivity contribution in [1.82, 2.24) is 15.1 Å². The first-order valence-corrected chi connectivity index (χ1v) is 9.50. The normalized spacial score (nSPS) is 21.7. The molecule has 1 saturated carbocycles. The second kappa shape index (κ2) is 8.00. The number of carbonyl (C=O) groups is 2. The molecule has 1 aromatic rings. The Kier molecular flexibility index (Phi) is 5.74. The highest BCUT2D eigenvalue weighted by Crippen LogP contribution is 2.28. The van der Waals surface area contributed by atoms with Gasteiger partial charge in [-0.05, 0) is 43.4 Å². The van der Waals surface area contributed by atoms with Crippen molar-refractivity contribution in [2.24, 2.45) is 5.92 Å². The third kappa shape index (κ3) is 4.60. The third-order valence-corrected chi connectivity index (χ3v) is 4.99. The molecule has 0 spiro atoms. The summed E-state index contributed by atoms with van der Waals surface area (Å²) < 4.78 is 0. The van der Waals surface area contributed by atoms with E-state index in [9.17, 15) is 9.59 Å². The summed E-state index contributed by atoms with van der Waals surface area (Å²) in [6.45, 7) is 8.48. The summed E-state index contributed by atoms with van der Waals surface area (Å²) in [5.41, 5.74) is 1.16. The Hall–Kier alpha value is -1.88. The van der Waals surface area contributed by atoms with Crippen LogP contribution in [0.5, 0.6) is 0 Å². The lowest BCUT2D eigenvalue weighted by molar-refractivity contribution is 0.0748. The number of nitrogens with one attached hydrogen (secondary N) is 1. The zero-order valence-corrected chi connectivity index (χ0v) is 15.3. The summed E-state index contributed by atoms with van der Waals surface area (Å²) in [7, 11) is 0. The first kappa shape index (κ1) is 17.9. The molecule has 0 aromatic heterocycles. The van der Waals surface area contributed by atoms with Crippen molar-refractivity contribution >= 4 is 11.8 Å². The van der Waals surface area contributed by atoms with Crippen molar-refractivity contribution < 1.29 is 9.59 Å². The maximum atomic E-state index is 13.0. The van der Waals surface area contributed by atoms with Crippen LogP contribution in [0, 0.1) is 5.92 Å². The summed E-state index contributed by atoms with van der Waals surface area (Å²) in [4.78, 5) is 29.6. The fraction of sp³-hybridized carbons (Fsp3) is 0.600. The van der Waals surface area contributed by atoms with E-state index < -0.39 is 0 Å². The molecule has 1 heterocycles. The van der Waals surface area contributed by atoms with Gasteiger partial charge < -0.3 is 10.2 Å². The number of rotatable bonds is 5. The Morgan fingerprint density at radius 3 is 2.64 bits per heavy atom. The molecule has 5 heteroatoms. The predicted octanol–water partition coefficient (Wildman–Crippen LogP) is 2.38. The largest absolute Gasteiger partial charge is 0.352 e. The smallest absolute Gasteiger partial charge is 0.253 e. The van der Waals surface area contributed by atoms with Gasteiger partial charge in [0.2, 0.25) is 0 Å². The first-order valence-electron chi connectivity index (χ1n) is 9.50. The van der Waals surface area contributed by atoms with Crippen LogP contribution in [0.4, 0.5) is 0 Å². The molecule has 136 valence electrons. The van der Waals surface area contributed by atoms with Crippen LogP contribution in [0.1, 0.15) is 53.8 Å². The number of benzene rings is 1. The van der Waals surface area contributed by atoms with Crippen LogP contribution in [-0.4, -0.2) is 60.4 Å². The van der Waals surface area contributed by atoms with E-state index in [0.29, 0.717) is 23.6 Å². The monoisotopic (exact) mass is 343 g/mol. The van der Waals surface area contributed by atoms with Crippen molar-refractivity contribution in [1.29, 1.82) is 0 Å². The zero-order valence-electron chi connectivity index (χ0n) is 15.3. The van der Waals surface area contributed by atoms with Gasteiger partial charge >= 0.3 is 0 Å². The highest BCUT2D eigenvalue weighted by Gasteiger charge is 2.33. The lowest BCUT2D eigenvalue weighted by Gasteiger charge is -2.22. The standard InChI is InChI=1S/C20H29N3O2/c1-3-9-21-19(24)16-5-4-6-17(12-16)20(25)23-11-10-22(18-7-8-18)13-15(2)14-23/h4-6,12,15,18H,3,7-11,13-14H2,1-2H3,(H,21,24). The van der Waals surface area contributed by atoms with E-state index in [4.69, 9.17) is 0 Å². The third-order valence-electron chi connectivity index (χ3n) is 4.99. The van der Waals surface area contributed by atoms with E-state index in [1.165, 1.54) is 12.8 Å². The molecule has 1 saturated heterocycles. The van der Waals surface area contributed by atoms with E-state index in [-0.39, 0.29) is 11.8 Å². The minimum Gasteiger partial charge on any atom is -0.352 e. The molecular weight excluding hydrogens is 314 g/mol. The van der Waals surface area contributed by atoms with E-state index >= 15 is 0 Å². The summed E-state index contributed by atoms with van der Waals surface area (Å²) in [5.74, 6) is 0.401. The second-order valence-corrected chi connectivity index (χ2v) is 7.42. The predicted molar refractivity (Wildman–Crippen MR) is 98.7 cm³/mol. The van der Waals surface area contributed by atoms with E-state index in [1.54, 1.807) is 18.2 Å². The van der Waals surface area contributed by atoms with Crippen molar-refractivity contribution in [3.8, 4) is 0 Å². The summed E-state index contributed by atoms with van der Waals surface area (Å²) in [6, 6.07) is 7.84. The topological polar surface area (TPSA) is 52.7 Å². The van der Waals surface area contributed by atoms with Crippen LogP contribution < -0.4 is 5.32 Å². The van der Waals surface area contributed by atoms with Gasteiger partial charge in [-0.2, -0.15) is 0 Å². The molecule has 25 heavy (non-hydrogen) atoms. The molecule has 3 rings (SSSR count). The van der Waals surface area contributed by atoms with Gasteiger partial charge in [0.15, 0.2) is 0 Å². The maximum Gasteiger partial charge on any atom is 0.253 e. The SMILES string of the molecule is CCCNC(=O)c1cccc(C(=O)N2CCN(C3CC3)CC(C)C2)c1. The molecule has 0 bridgehead atoms. The van der Waals surface area contributed by atoms with Crippen LogP contribution in [0.15, 0.2) is 24.3 Å². The Labute approximate surface area is 150 Å². The molecule has 1 aromatic carbocycles. The van der Waals surface area contributed by atoms with E-state index in [2.05, 4.69) is 17.1 Å². The summed E-state index contributed by atoms with van der Waals surface area (Å²) in [5, 5.41) is 2.87. The molecule has 5 nitrogen and oxygen atoms in total. The van der Waals surface area contributed by atoms with Gasteiger partial charge in [0.05, 0.1) is 0 Å². The van der Waals surface area contributed by atoms with Gasteiger partial charge in [-0.1, -0.05) is 19.9 Å². The fourth-order valence-electron chi connectivity index (χ4n) is 3.54. The van der Waals surface area contributed by atoms with Crippen molar-refractivity contribution in [2.45, 2.75) is 39.2 Å². The average molecular weight is 343 g/mol. The molecule has 1 unspecified atom stereocenters. The second-order valence-electron chi connectivity index (χ2n) is 7.42. The van der Waals surface area contributed by atoms with E-state index in [1.807, 2.05) is 17.9 Å². The molecule has 2 aliphatic rings. The lowest BCUT2D eigenvalue weighted by Crippen LogP contribution is -2.36. The molecule has 2 fully saturated rings. The summed E-state index contributed by atoms with van der Waals surface area (Å²) >= 11 is 0. The van der Waals surface area contributed by atoms with Crippen LogP contribution >= 0.6 is 0 Å². The van der Waals surface area contributed by atoms with Gasteiger partial charge in [-0.25, -0.2) is 0 Å². The van der Waals surface area contributed by atoms with Crippen LogP contribution in [0.3, 0.4) is 0 Å². The van der Waals surface area contributed by atoms with Crippen LogP contribution in [0.25, 0.3) is 0 Å². The molecule has 1 aliphatic carbocycles. The molecule has 0 radical (unpaired) electrons.